The largest absolute Gasteiger partial charge is 0.508 e. The molecule has 4 nitrogen and oxygen atoms in total. The van der Waals surface area contributed by atoms with Crippen molar-refractivity contribution in [2.24, 2.45) is 0 Å². The maximum absolute atomic E-state index is 12.6. The summed E-state index contributed by atoms with van der Waals surface area (Å²) in [5, 5.41) is 23.2. The number of H-pyrrole nitrogens is 1. The second kappa shape index (κ2) is 7.21. The molecule has 30 heavy (non-hydrogen) atoms. The second-order valence-electron chi connectivity index (χ2n) is 7.02. The van der Waals surface area contributed by atoms with E-state index in [1.54, 1.807) is 12.1 Å². The number of thiophene rings is 1. The molecule has 0 bridgehead atoms. The predicted molar refractivity (Wildman–Crippen MR) is 122 cm³/mol. The van der Waals surface area contributed by atoms with Crippen molar-refractivity contribution >= 4 is 21.6 Å². The summed E-state index contributed by atoms with van der Waals surface area (Å²) in [5.74, 6) is 0.215. The Morgan fingerprint density at radius 2 is 1.43 bits per heavy atom. The van der Waals surface area contributed by atoms with Crippen molar-refractivity contribution < 1.29 is 10.2 Å². The van der Waals surface area contributed by atoms with E-state index in [0.717, 1.165) is 22.3 Å². The fourth-order valence-electron chi connectivity index (χ4n) is 3.69. The summed E-state index contributed by atoms with van der Waals surface area (Å²) >= 11 is 1.40. The molecule has 0 saturated heterocycles. The third-order valence-electron chi connectivity index (χ3n) is 5.16. The Labute approximate surface area is 176 Å². The summed E-state index contributed by atoms with van der Waals surface area (Å²) in [6.07, 6.45) is 0. The van der Waals surface area contributed by atoms with E-state index in [4.69, 9.17) is 0 Å². The molecular formula is C25H17NO3S. The van der Waals surface area contributed by atoms with Gasteiger partial charge in [0.2, 0.25) is 0 Å². The van der Waals surface area contributed by atoms with Crippen molar-refractivity contribution in [1.82, 2.24) is 4.98 Å². The molecule has 0 amide bonds. The highest BCUT2D eigenvalue weighted by atomic mass is 32.1. The van der Waals surface area contributed by atoms with E-state index in [2.05, 4.69) is 4.98 Å². The number of phenolic OH excluding ortho intramolecular Hbond substituents is 1. The monoisotopic (exact) mass is 411 g/mol. The number of rotatable bonds is 3. The van der Waals surface area contributed by atoms with Gasteiger partial charge >= 0.3 is 0 Å². The number of hydrogen-bond acceptors (Lipinski definition) is 4. The maximum atomic E-state index is 12.6. The number of phenols is 1. The van der Waals surface area contributed by atoms with Crippen molar-refractivity contribution in [3.8, 4) is 44.9 Å². The van der Waals surface area contributed by atoms with Crippen LogP contribution in [0.25, 0.3) is 43.6 Å². The molecular weight excluding hydrogens is 394 g/mol. The molecule has 0 aliphatic rings. The molecule has 0 spiro atoms. The number of benzene rings is 3. The number of hydrogen-bond donors (Lipinski definition) is 3. The van der Waals surface area contributed by atoms with Crippen molar-refractivity contribution in [2.45, 2.75) is 0 Å². The van der Waals surface area contributed by atoms with E-state index in [9.17, 15) is 15.0 Å². The molecule has 5 rings (SSSR count). The summed E-state index contributed by atoms with van der Waals surface area (Å²) in [5.41, 5.74) is 4.42. The van der Waals surface area contributed by atoms with E-state index < -0.39 is 0 Å². The molecule has 2 heterocycles. The average Bonchev–Trinajstić information content (AvgIpc) is 3.19. The first-order valence-electron chi connectivity index (χ1n) is 9.43. The van der Waals surface area contributed by atoms with Crippen LogP contribution in [0, 0.1) is 0 Å². The molecule has 2 aromatic heterocycles. The van der Waals surface area contributed by atoms with E-state index in [-0.39, 0.29) is 22.6 Å². The molecule has 146 valence electrons. The number of aromatic nitrogens is 1. The van der Waals surface area contributed by atoms with Gasteiger partial charge in [-0.05, 0) is 40.5 Å². The predicted octanol–water partition coefficient (Wildman–Crippen LogP) is 6.00. The highest BCUT2D eigenvalue weighted by molar-refractivity contribution is 7.17. The molecule has 0 atom stereocenters. The summed E-state index contributed by atoms with van der Waals surface area (Å²) in [6, 6.07) is 24.2. The summed E-state index contributed by atoms with van der Waals surface area (Å²) in [4.78, 5) is 16.2. The quantitative estimate of drug-likeness (QED) is 0.341. The van der Waals surface area contributed by atoms with E-state index >= 15 is 0 Å². The Bertz CT molecular complexity index is 1420. The Morgan fingerprint density at radius 3 is 2.20 bits per heavy atom. The van der Waals surface area contributed by atoms with Gasteiger partial charge in [0.05, 0.1) is 10.9 Å². The van der Waals surface area contributed by atoms with Gasteiger partial charge in [-0.2, -0.15) is 0 Å². The number of aromatic amines is 1. The van der Waals surface area contributed by atoms with E-state index in [1.165, 1.54) is 11.3 Å². The molecule has 0 saturated carbocycles. The van der Waals surface area contributed by atoms with Crippen LogP contribution < -0.4 is 5.56 Å². The molecule has 3 aromatic carbocycles. The summed E-state index contributed by atoms with van der Waals surface area (Å²) < 4.78 is 0. The van der Waals surface area contributed by atoms with Crippen molar-refractivity contribution in [1.29, 1.82) is 0 Å². The minimum Gasteiger partial charge on any atom is -0.508 e. The van der Waals surface area contributed by atoms with Crippen molar-refractivity contribution in [3.63, 3.8) is 0 Å². The Kier molecular flexibility index (Phi) is 4.38. The molecule has 0 aliphatic heterocycles. The van der Waals surface area contributed by atoms with Crippen LogP contribution in [0.15, 0.2) is 89.0 Å². The maximum Gasteiger partial charge on any atom is 0.260 e. The van der Waals surface area contributed by atoms with Gasteiger partial charge < -0.3 is 15.2 Å². The molecule has 5 aromatic rings. The Hall–Kier alpha value is -3.83. The lowest BCUT2D eigenvalue weighted by Crippen LogP contribution is -2.08. The molecule has 0 aliphatic carbocycles. The SMILES string of the molecule is O=c1[nH]c2scc(-c3cccc(-c4ccc(O)cc4)c3)c2c(O)c1-c1ccccc1. The Balaban J connectivity index is 1.70. The third kappa shape index (κ3) is 3.06. The molecule has 5 heteroatoms. The van der Waals surface area contributed by atoms with Crippen LogP contribution in [-0.4, -0.2) is 15.2 Å². The first-order chi connectivity index (χ1) is 14.6. The minimum atomic E-state index is -0.308. The zero-order valence-electron chi connectivity index (χ0n) is 15.8. The van der Waals surface area contributed by atoms with Crippen LogP contribution in [0.1, 0.15) is 0 Å². The van der Waals surface area contributed by atoms with Crippen LogP contribution in [-0.2, 0) is 0 Å². The summed E-state index contributed by atoms with van der Waals surface area (Å²) in [6.45, 7) is 0. The molecule has 0 radical (unpaired) electrons. The fourth-order valence-corrected chi connectivity index (χ4v) is 4.65. The zero-order valence-corrected chi connectivity index (χ0v) is 16.6. The molecule has 0 unspecified atom stereocenters. The Morgan fingerprint density at radius 1 is 0.733 bits per heavy atom. The number of nitrogens with one attached hydrogen (secondary N) is 1. The lowest BCUT2D eigenvalue weighted by molar-refractivity contribution is 0.475. The number of aromatic hydroxyl groups is 2. The normalized spacial score (nSPS) is 11.1. The highest BCUT2D eigenvalue weighted by Gasteiger charge is 2.19. The average molecular weight is 411 g/mol. The van der Waals surface area contributed by atoms with E-state index in [1.807, 2.05) is 72.1 Å². The van der Waals surface area contributed by atoms with Crippen LogP contribution in [0.4, 0.5) is 0 Å². The van der Waals surface area contributed by atoms with Gasteiger partial charge in [0.25, 0.3) is 5.56 Å². The first-order valence-corrected chi connectivity index (χ1v) is 10.3. The molecule has 0 fully saturated rings. The van der Waals surface area contributed by atoms with Gasteiger partial charge in [-0.3, -0.25) is 4.79 Å². The van der Waals surface area contributed by atoms with Gasteiger partial charge in [0.15, 0.2) is 0 Å². The van der Waals surface area contributed by atoms with Gasteiger partial charge in [-0.15, -0.1) is 11.3 Å². The minimum absolute atomic E-state index is 0.00811. The van der Waals surface area contributed by atoms with Gasteiger partial charge in [0, 0.05) is 10.9 Å². The van der Waals surface area contributed by atoms with Gasteiger partial charge in [-0.1, -0.05) is 60.7 Å². The fraction of sp³-hybridized carbons (Fsp3) is 0. The lowest BCUT2D eigenvalue weighted by atomic mass is 9.97. The standard InChI is InChI=1S/C25H17NO3S/c27-19-11-9-15(10-12-19)17-7-4-8-18(13-17)20-14-30-25-22(20)23(28)21(24(29)26-25)16-5-2-1-3-6-16/h1-14,27H,(H2,26,28,29). The van der Waals surface area contributed by atoms with Crippen molar-refractivity contribution in [2.75, 3.05) is 0 Å². The van der Waals surface area contributed by atoms with Crippen molar-refractivity contribution in [3.05, 3.63) is 94.6 Å². The smallest absolute Gasteiger partial charge is 0.260 e. The molecule has 3 N–H and O–H groups in total. The van der Waals surface area contributed by atoms with Crippen LogP contribution in [0.5, 0.6) is 11.5 Å². The highest BCUT2D eigenvalue weighted by Crippen LogP contribution is 2.42. The van der Waals surface area contributed by atoms with Crippen LogP contribution in [0.3, 0.4) is 0 Å². The topological polar surface area (TPSA) is 73.3 Å². The van der Waals surface area contributed by atoms with Gasteiger partial charge in [-0.25, -0.2) is 0 Å². The second-order valence-corrected chi connectivity index (χ2v) is 7.90. The van der Waals surface area contributed by atoms with Crippen LogP contribution in [0.2, 0.25) is 0 Å². The lowest BCUT2D eigenvalue weighted by Gasteiger charge is -2.09. The number of pyridine rings is 1. The van der Waals surface area contributed by atoms with Crippen LogP contribution >= 0.6 is 11.3 Å². The summed E-state index contributed by atoms with van der Waals surface area (Å²) in [7, 11) is 0. The number of fused-ring (bicyclic) bond motifs is 1. The van der Waals surface area contributed by atoms with Gasteiger partial charge in [0.1, 0.15) is 16.3 Å². The third-order valence-corrected chi connectivity index (χ3v) is 6.05. The van der Waals surface area contributed by atoms with E-state index in [0.29, 0.717) is 15.8 Å². The first kappa shape index (κ1) is 18.2. The zero-order chi connectivity index (χ0) is 20.7.